The molecule has 0 bridgehead atoms. The molecule has 2 rings (SSSR count). The van der Waals surface area contributed by atoms with Crippen molar-refractivity contribution in [3.63, 3.8) is 0 Å². The molecule has 0 aromatic carbocycles. The first-order chi connectivity index (χ1) is 7.15. The van der Waals surface area contributed by atoms with E-state index in [1.54, 1.807) is 0 Å². The maximum atomic E-state index is 12.9. The molecule has 2 atom stereocenters. The third kappa shape index (κ3) is 2.43. The second-order valence-electron chi connectivity index (χ2n) is 4.55. The largest absolute Gasteiger partial charge is 0.356 e. The van der Waals surface area contributed by atoms with Crippen LogP contribution >= 0.6 is 0 Å². The Morgan fingerprint density at radius 1 is 1.27 bits per heavy atom. The van der Waals surface area contributed by atoms with Crippen LogP contribution in [-0.4, -0.2) is 23.1 Å². The molecule has 0 aliphatic carbocycles. The molecule has 1 fully saturated rings. The molecule has 1 saturated heterocycles. The molecule has 2 unspecified atom stereocenters. The van der Waals surface area contributed by atoms with Gasteiger partial charge in [0.2, 0.25) is 5.95 Å². The molecule has 0 N–H and O–H groups in total. The van der Waals surface area contributed by atoms with Crippen LogP contribution in [0.5, 0.6) is 0 Å². The predicted octanol–water partition coefficient (Wildman–Crippen LogP) is 2.10. The summed E-state index contributed by atoms with van der Waals surface area (Å²) in [5.41, 5.74) is 0. The number of aromatic nitrogens is 2. The number of nitrogens with zero attached hydrogens (tertiary/aromatic N) is 3. The first kappa shape index (κ1) is 10.3. The quantitative estimate of drug-likeness (QED) is 0.663. The minimum atomic E-state index is -0.453. The first-order valence-corrected chi connectivity index (χ1v) is 5.37. The number of piperidine rings is 1. The van der Waals surface area contributed by atoms with Gasteiger partial charge in [0, 0.05) is 19.2 Å². The molecule has 0 saturated carbocycles. The second-order valence-corrected chi connectivity index (χ2v) is 4.55. The Kier molecular flexibility index (Phi) is 2.84. The van der Waals surface area contributed by atoms with Gasteiger partial charge in [-0.3, -0.25) is 0 Å². The zero-order valence-electron chi connectivity index (χ0n) is 9.15. The Labute approximate surface area is 89.3 Å². The van der Waals surface area contributed by atoms with Crippen LogP contribution in [0, 0.1) is 17.8 Å². The minimum absolute atomic E-state index is 0.453. The first-order valence-electron chi connectivity index (χ1n) is 5.37. The van der Waals surface area contributed by atoms with Crippen LogP contribution in [0.3, 0.4) is 0 Å². The molecule has 4 heteroatoms. The summed E-state index contributed by atoms with van der Waals surface area (Å²) >= 11 is 0. The van der Waals surface area contributed by atoms with Crippen LogP contribution < -0.4 is 4.90 Å². The molecule has 0 spiro atoms. The Morgan fingerprint density at radius 3 is 2.53 bits per heavy atom. The van der Waals surface area contributed by atoms with Gasteiger partial charge in [-0.25, -0.2) is 9.97 Å². The Morgan fingerprint density at radius 2 is 1.93 bits per heavy atom. The fourth-order valence-corrected chi connectivity index (χ4v) is 2.35. The van der Waals surface area contributed by atoms with Crippen LogP contribution in [0.15, 0.2) is 12.4 Å². The molecule has 15 heavy (non-hydrogen) atoms. The van der Waals surface area contributed by atoms with E-state index in [9.17, 15) is 4.39 Å². The van der Waals surface area contributed by atoms with Crippen molar-refractivity contribution >= 4 is 5.82 Å². The van der Waals surface area contributed by atoms with Crippen LogP contribution in [-0.2, 0) is 0 Å². The fourth-order valence-electron chi connectivity index (χ4n) is 2.35. The lowest BCUT2D eigenvalue weighted by Crippen LogP contribution is -2.39. The average molecular weight is 209 g/mol. The van der Waals surface area contributed by atoms with Crippen LogP contribution in [0.25, 0.3) is 0 Å². The average Bonchev–Trinajstić information content (AvgIpc) is 2.16. The lowest BCUT2D eigenvalue weighted by atomic mass is 9.92. The van der Waals surface area contributed by atoms with Crippen molar-refractivity contribution in [3.8, 4) is 0 Å². The van der Waals surface area contributed by atoms with Crippen molar-refractivity contribution < 1.29 is 4.39 Å². The highest BCUT2D eigenvalue weighted by atomic mass is 19.1. The van der Waals surface area contributed by atoms with Gasteiger partial charge < -0.3 is 4.90 Å². The summed E-state index contributed by atoms with van der Waals surface area (Å²) < 4.78 is 12.9. The summed E-state index contributed by atoms with van der Waals surface area (Å²) in [7, 11) is 0. The summed E-state index contributed by atoms with van der Waals surface area (Å²) in [4.78, 5) is 9.72. The van der Waals surface area contributed by atoms with Gasteiger partial charge in [0.05, 0.1) is 0 Å². The second kappa shape index (κ2) is 4.13. The van der Waals surface area contributed by atoms with Gasteiger partial charge in [-0.15, -0.1) is 0 Å². The Hall–Kier alpha value is -1.19. The van der Waals surface area contributed by atoms with Gasteiger partial charge in [-0.1, -0.05) is 13.8 Å². The molecule has 1 aromatic heterocycles. The van der Waals surface area contributed by atoms with Crippen molar-refractivity contribution in [2.45, 2.75) is 20.3 Å². The molecular weight excluding hydrogens is 193 g/mol. The third-order valence-electron chi connectivity index (χ3n) is 2.81. The molecule has 1 aliphatic rings. The molecular formula is C11H16FN3. The van der Waals surface area contributed by atoms with Crippen molar-refractivity contribution in [2.75, 3.05) is 18.0 Å². The van der Waals surface area contributed by atoms with Gasteiger partial charge in [0.25, 0.3) is 0 Å². The van der Waals surface area contributed by atoms with E-state index in [1.165, 1.54) is 18.8 Å². The molecule has 1 aromatic rings. The summed E-state index contributed by atoms with van der Waals surface area (Å²) in [5.74, 6) is 1.55. The Balaban J connectivity index is 2.16. The van der Waals surface area contributed by atoms with Crippen molar-refractivity contribution in [2.24, 2.45) is 11.8 Å². The molecule has 82 valence electrons. The number of hydrogen-bond acceptors (Lipinski definition) is 3. The van der Waals surface area contributed by atoms with Gasteiger partial charge in [0.15, 0.2) is 0 Å². The summed E-state index contributed by atoms with van der Waals surface area (Å²) in [6.45, 7) is 6.36. The summed E-state index contributed by atoms with van der Waals surface area (Å²) in [6.07, 6.45) is 2.53. The predicted molar refractivity (Wildman–Crippen MR) is 57.1 cm³/mol. The maximum absolute atomic E-state index is 12.9. The van der Waals surface area contributed by atoms with E-state index in [0.717, 1.165) is 13.1 Å². The lowest BCUT2D eigenvalue weighted by Gasteiger charge is -2.35. The van der Waals surface area contributed by atoms with E-state index in [2.05, 4.69) is 28.7 Å². The number of hydrogen-bond donors (Lipinski definition) is 0. The maximum Gasteiger partial charge on any atom is 0.218 e. The third-order valence-corrected chi connectivity index (χ3v) is 2.81. The van der Waals surface area contributed by atoms with Gasteiger partial charge >= 0.3 is 0 Å². The van der Waals surface area contributed by atoms with E-state index in [0.29, 0.717) is 17.7 Å². The van der Waals surface area contributed by atoms with Gasteiger partial charge in [0.1, 0.15) is 12.1 Å². The molecule has 1 aliphatic heterocycles. The van der Waals surface area contributed by atoms with Crippen molar-refractivity contribution in [1.29, 1.82) is 0 Å². The SMILES string of the molecule is CC1CC(C)CN(c2cc(F)ncn2)C1. The molecule has 3 nitrogen and oxygen atoms in total. The minimum Gasteiger partial charge on any atom is -0.356 e. The van der Waals surface area contributed by atoms with E-state index < -0.39 is 5.95 Å². The lowest BCUT2D eigenvalue weighted by molar-refractivity contribution is 0.355. The van der Waals surface area contributed by atoms with Crippen molar-refractivity contribution in [3.05, 3.63) is 18.3 Å². The highest BCUT2D eigenvalue weighted by molar-refractivity contribution is 5.37. The normalized spacial score (nSPS) is 26.7. The highest BCUT2D eigenvalue weighted by Crippen LogP contribution is 2.24. The standard InChI is InChI=1S/C11H16FN3/c1-8-3-9(2)6-15(5-8)11-4-10(12)13-7-14-11/h4,7-9H,3,5-6H2,1-2H3. The van der Waals surface area contributed by atoms with E-state index in [-0.39, 0.29) is 0 Å². The van der Waals surface area contributed by atoms with Crippen LogP contribution in [0.2, 0.25) is 0 Å². The smallest absolute Gasteiger partial charge is 0.218 e. The number of rotatable bonds is 1. The highest BCUT2D eigenvalue weighted by Gasteiger charge is 2.22. The number of halogens is 1. The zero-order chi connectivity index (χ0) is 10.8. The summed E-state index contributed by atoms with van der Waals surface area (Å²) in [6, 6.07) is 1.41. The van der Waals surface area contributed by atoms with E-state index in [4.69, 9.17) is 0 Å². The zero-order valence-corrected chi connectivity index (χ0v) is 9.15. The number of anilines is 1. The molecule has 0 radical (unpaired) electrons. The topological polar surface area (TPSA) is 29.0 Å². The van der Waals surface area contributed by atoms with Gasteiger partial charge in [-0.05, 0) is 18.3 Å². The molecule has 2 heterocycles. The van der Waals surface area contributed by atoms with Crippen LogP contribution in [0.4, 0.5) is 10.2 Å². The fraction of sp³-hybridized carbons (Fsp3) is 0.636. The van der Waals surface area contributed by atoms with Crippen LogP contribution in [0.1, 0.15) is 20.3 Å². The monoisotopic (exact) mass is 209 g/mol. The van der Waals surface area contributed by atoms with Gasteiger partial charge in [-0.2, -0.15) is 4.39 Å². The van der Waals surface area contributed by atoms with E-state index in [1.807, 2.05) is 0 Å². The summed E-state index contributed by atoms with van der Waals surface area (Å²) in [5, 5.41) is 0. The van der Waals surface area contributed by atoms with E-state index >= 15 is 0 Å². The molecule has 0 amide bonds. The van der Waals surface area contributed by atoms with Crippen molar-refractivity contribution in [1.82, 2.24) is 9.97 Å². The Bertz CT molecular complexity index is 332.